The van der Waals surface area contributed by atoms with Gasteiger partial charge in [-0.3, -0.25) is 0 Å². The lowest BCUT2D eigenvalue weighted by molar-refractivity contribution is 0.282. The molecule has 5 nitrogen and oxygen atoms in total. The zero-order chi connectivity index (χ0) is 11.1. The molecule has 0 bridgehead atoms. The van der Waals surface area contributed by atoms with Crippen LogP contribution in [0.5, 0.6) is 0 Å². The van der Waals surface area contributed by atoms with Gasteiger partial charge in [0.15, 0.2) is 11.4 Å². The third-order valence-electron chi connectivity index (χ3n) is 2.11. The highest BCUT2D eigenvalue weighted by Crippen LogP contribution is 2.07. The van der Waals surface area contributed by atoms with E-state index < -0.39 is 0 Å². The Bertz CT molecular complexity index is 397. The van der Waals surface area contributed by atoms with Crippen molar-refractivity contribution in [2.75, 3.05) is 6.61 Å². The molecule has 0 saturated carbocycles. The summed E-state index contributed by atoms with van der Waals surface area (Å²) in [7, 11) is 0. The smallest absolute Gasteiger partial charge is 0.176 e. The molecular weight excluding hydrogens is 192 g/mol. The van der Waals surface area contributed by atoms with E-state index in [1.165, 1.54) is 6.33 Å². The van der Waals surface area contributed by atoms with Gasteiger partial charge in [-0.25, -0.2) is 4.98 Å². The molecule has 1 aromatic rings. The first-order valence-corrected chi connectivity index (χ1v) is 4.79. The number of aromatic nitrogens is 2. The Balaban J connectivity index is 2.59. The predicted molar refractivity (Wildman–Crippen MR) is 52.6 cm³/mol. The zero-order valence-electron chi connectivity index (χ0n) is 8.35. The fourth-order valence-corrected chi connectivity index (χ4v) is 1.32. The highest BCUT2D eigenvalue weighted by molar-refractivity contribution is 5.35. The second kappa shape index (κ2) is 5.79. The van der Waals surface area contributed by atoms with Crippen LogP contribution >= 0.6 is 0 Å². The van der Waals surface area contributed by atoms with Crippen LogP contribution in [-0.4, -0.2) is 21.3 Å². The lowest BCUT2D eigenvalue weighted by atomic mass is 10.2. The van der Waals surface area contributed by atoms with Gasteiger partial charge in [0, 0.05) is 13.2 Å². The lowest BCUT2D eigenvalue weighted by Crippen LogP contribution is -2.00. The highest BCUT2D eigenvalue weighted by Gasteiger charge is 2.08. The van der Waals surface area contributed by atoms with Gasteiger partial charge in [0.25, 0.3) is 0 Å². The summed E-state index contributed by atoms with van der Waals surface area (Å²) in [6, 6.07) is 3.84. The van der Waals surface area contributed by atoms with E-state index in [4.69, 9.17) is 15.6 Å². The van der Waals surface area contributed by atoms with Crippen LogP contribution in [0.2, 0.25) is 0 Å². The first kappa shape index (κ1) is 11.2. The van der Waals surface area contributed by atoms with Crippen LogP contribution in [-0.2, 0) is 6.54 Å². The van der Waals surface area contributed by atoms with Gasteiger partial charge in [-0.1, -0.05) is 0 Å². The number of hydrogen-bond donors (Lipinski definition) is 1. The fourth-order valence-electron chi connectivity index (χ4n) is 1.32. The topological polar surface area (TPSA) is 85.6 Å². The van der Waals surface area contributed by atoms with Crippen molar-refractivity contribution < 1.29 is 5.11 Å². The number of nitriles is 2. The average molecular weight is 204 g/mol. The molecule has 0 atom stereocenters. The third-order valence-corrected chi connectivity index (χ3v) is 2.11. The van der Waals surface area contributed by atoms with E-state index >= 15 is 0 Å². The largest absolute Gasteiger partial charge is 0.396 e. The van der Waals surface area contributed by atoms with Crippen molar-refractivity contribution in [1.29, 1.82) is 10.5 Å². The molecule has 1 aromatic heterocycles. The van der Waals surface area contributed by atoms with Gasteiger partial charge < -0.3 is 9.67 Å². The molecule has 0 amide bonds. The van der Waals surface area contributed by atoms with Crippen molar-refractivity contribution in [3.8, 4) is 12.1 Å². The minimum atomic E-state index is 0.180. The van der Waals surface area contributed by atoms with E-state index in [-0.39, 0.29) is 12.3 Å². The number of nitrogens with zero attached hydrogens (tertiary/aromatic N) is 4. The monoisotopic (exact) mass is 204 g/mol. The minimum absolute atomic E-state index is 0.180. The van der Waals surface area contributed by atoms with Crippen LogP contribution in [0.4, 0.5) is 0 Å². The van der Waals surface area contributed by atoms with Gasteiger partial charge in [0.2, 0.25) is 0 Å². The van der Waals surface area contributed by atoms with E-state index in [2.05, 4.69) is 4.98 Å². The van der Waals surface area contributed by atoms with E-state index in [1.54, 1.807) is 4.57 Å². The normalized spacial score (nSPS) is 9.53. The van der Waals surface area contributed by atoms with E-state index in [0.29, 0.717) is 12.2 Å². The summed E-state index contributed by atoms with van der Waals surface area (Å²) in [5.41, 5.74) is 0.501. The SMILES string of the molecule is N#Cc1ncn(CCCCCO)c1C#N. The van der Waals surface area contributed by atoms with Crippen LogP contribution < -0.4 is 0 Å². The molecule has 1 N–H and O–H groups in total. The number of unbranched alkanes of at least 4 members (excludes halogenated alkanes) is 2. The Labute approximate surface area is 88.2 Å². The van der Waals surface area contributed by atoms with Gasteiger partial charge in [0.05, 0.1) is 6.33 Å². The number of imidazole rings is 1. The summed E-state index contributed by atoms with van der Waals surface area (Å²) in [6.45, 7) is 0.857. The Morgan fingerprint density at radius 2 is 2.07 bits per heavy atom. The minimum Gasteiger partial charge on any atom is -0.396 e. The molecule has 78 valence electrons. The molecule has 0 radical (unpaired) electrons. The summed E-state index contributed by atoms with van der Waals surface area (Å²) < 4.78 is 1.68. The van der Waals surface area contributed by atoms with Crippen molar-refractivity contribution in [2.45, 2.75) is 25.8 Å². The Hall–Kier alpha value is -1.85. The van der Waals surface area contributed by atoms with Gasteiger partial charge in [-0.15, -0.1) is 0 Å². The van der Waals surface area contributed by atoms with Crippen molar-refractivity contribution in [3.63, 3.8) is 0 Å². The Morgan fingerprint density at radius 1 is 1.27 bits per heavy atom. The quantitative estimate of drug-likeness (QED) is 0.718. The molecule has 1 rings (SSSR count). The molecule has 15 heavy (non-hydrogen) atoms. The van der Waals surface area contributed by atoms with Crippen molar-refractivity contribution in [3.05, 3.63) is 17.7 Å². The molecular formula is C10H12N4O. The molecule has 0 aliphatic rings. The number of aliphatic hydroxyl groups excluding tert-OH is 1. The van der Waals surface area contributed by atoms with Crippen LogP contribution in [0.1, 0.15) is 30.7 Å². The molecule has 0 saturated heterocycles. The predicted octanol–water partition coefficient (Wildman–Crippen LogP) is 0.789. The molecule has 0 aliphatic heterocycles. The molecule has 0 aromatic carbocycles. The highest BCUT2D eigenvalue weighted by atomic mass is 16.2. The summed E-state index contributed by atoms with van der Waals surface area (Å²) >= 11 is 0. The van der Waals surface area contributed by atoms with Crippen molar-refractivity contribution in [1.82, 2.24) is 9.55 Å². The number of aliphatic hydroxyl groups is 1. The number of hydrogen-bond acceptors (Lipinski definition) is 4. The van der Waals surface area contributed by atoms with Gasteiger partial charge >= 0.3 is 0 Å². The fraction of sp³-hybridized carbons (Fsp3) is 0.500. The lowest BCUT2D eigenvalue weighted by Gasteiger charge is -2.02. The van der Waals surface area contributed by atoms with E-state index in [0.717, 1.165) is 19.3 Å². The second-order valence-corrected chi connectivity index (χ2v) is 3.14. The van der Waals surface area contributed by atoms with Crippen LogP contribution in [0.15, 0.2) is 6.33 Å². The van der Waals surface area contributed by atoms with Crippen LogP contribution in [0, 0.1) is 22.7 Å². The van der Waals surface area contributed by atoms with Crippen LogP contribution in [0.25, 0.3) is 0 Å². The van der Waals surface area contributed by atoms with E-state index in [9.17, 15) is 0 Å². The maximum absolute atomic E-state index is 8.82. The van der Waals surface area contributed by atoms with Gasteiger partial charge in [-0.05, 0) is 19.3 Å². The van der Waals surface area contributed by atoms with Crippen molar-refractivity contribution in [2.24, 2.45) is 0 Å². The molecule has 0 spiro atoms. The molecule has 0 unspecified atom stereocenters. The summed E-state index contributed by atoms with van der Waals surface area (Å²) in [6.07, 6.45) is 4.05. The van der Waals surface area contributed by atoms with Gasteiger partial charge in [0.1, 0.15) is 12.1 Å². The van der Waals surface area contributed by atoms with E-state index in [1.807, 2.05) is 12.1 Å². The summed E-state index contributed by atoms with van der Waals surface area (Å²) in [4.78, 5) is 3.83. The summed E-state index contributed by atoms with van der Waals surface area (Å²) in [5.74, 6) is 0. The Morgan fingerprint density at radius 3 is 2.67 bits per heavy atom. The van der Waals surface area contributed by atoms with Gasteiger partial charge in [-0.2, -0.15) is 10.5 Å². The standard InChI is InChI=1S/C10H12N4O/c11-6-9-10(7-12)14(8-13-9)4-2-1-3-5-15/h8,15H,1-5H2. The Kier molecular flexibility index (Phi) is 4.33. The van der Waals surface area contributed by atoms with Crippen molar-refractivity contribution >= 4 is 0 Å². The summed E-state index contributed by atoms with van der Waals surface area (Å²) in [5, 5.41) is 26.1. The van der Waals surface area contributed by atoms with Crippen LogP contribution in [0.3, 0.4) is 0 Å². The molecule has 5 heteroatoms. The number of rotatable bonds is 5. The first-order chi connectivity index (χ1) is 7.33. The third kappa shape index (κ3) is 2.80. The molecule has 1 heterocycles. The maximum atomic E-state index is 8.82. The average Bonchev–Trinajstić information content (AvgIpc) is 2.66. The first-order valence-electron chi connectivity index (χ1n) is 4.79. The second-order valence-electron chi connectivity index (χ2n) is 3.14. The molecule has 0 aliphatic carbocycles. The maximum Gasteiger partial charge on any atom is 0.176 e. The number of aryl methyl sites for hydroxylation is 1. The zero-order valence-corrected chi connectivity index (χ0v) is 8.35. The molecule has 0 fully saturated rings.